The number of hydrogen-bond acceptors (Lipinski definition) is 1. The molecule has 5 aromatic rings. The van der Waals surface area contributed by atoms with Gasteiger partial charge in [-0.05, 0) is 20.6 Å². The Balaban J connectivity index is 0.000000153. The molecule has 0 aliphatic rings. The SMILES string of the molecule is CN(C)Cc1c[c-]ccc1.[Hf].c1ccc2[cH-]ccc2c1.c1ccc2[cH-]ccc2c1. The largest absolute Gasteiger partial charge is 0.316 e. The van der Waals surface area contributed by atoms with E-state index in [1.165, 1.54) is 27.1 Å². The van der Waals surface area contributed by atoms with Crippen molar-refractivity contribution in [3.8, 4) is 0 Å². The molecule has 0 amide bonds. The Labute approximate surface area is 193 Å². The second-order valence-electron chi connectivity index (χ2n) is 6.96. The fraction of sp³-hybridized carbons (Fsp3) is 0.111. The minimum atomic E-state index is 0. The molecule has 0 saturated carbocycles. The molecule has 146 valence electrons. The second kappa shape index (κ2) is 12.3. The topological polar surface area (TPSA) is 3.24 Å². The van der Waals surface area contributed by atoms with Gasteiger partial charge in [0.1, 0.15) is 0 Å². The fourth-order valence-corrected chi connectivity index (χ4v) is 3.03. The van der Waals surface area contributed by atoms with E-state index in [1.807, 2.05) is 18.2 Å². The molecule has 2 heteroatoms. The zero-order valence-electron chi connectivity index (χ0n) is 17.0. The first-order chi connectivity index (χ1) is 13.7. The van der Waals surface area contributed by atoms with Gasteiger partial charge in [-0.1, -0.05) is 12.1 Å². The van der Waals surface area contributed by atoms with Crippen LogP contribution in [0.25, 0.3) is 21.5 Å². The summed E-state index contributed by atoms with van der Waals surface area (Å²) in [5.74, 6) is 0. The first-order valence-electron chi connectivity index (χ1n) is 9.53. The summed E-state index contributed by atoms with van der Waals surface area (Å²) in [7, 11) is 4.12. The molecule has 0 heterocycles. The van der Waals surface area contributed by atoms with E-state index in [4.69, 9.17) is 0 Å². The Morgan fingerprint density at radius 2 is 1.28 bits per heavy atom. The minimum Gasteiger partial charge on any atom is -0.316 e. The third-order valence-electron chi connectivity index (χ3n) is 4.37. The molecule has 29 heavy (non-hydrogen) atoms. The van der Waals surface area contributed by atoms with Gasteiger partial charge in [0, 0.05) is 25.8 Å². The van der Waals surface area contributed by atoms with Gasteiger partial charge in [0.2, 0.25) is 0 Å². The van der Waals surface area contributed by atoms with Gasteiger partial charge in [-0.2, -0.15) is 65.4 Å². The van der Waals surface area contributed by atoms with Crippen LogP contribution < -0.4 is 0 Å². The van der Waals surface area contributed by atoms with Gasteiger partial charge in [-0.15, -0.1) is 64.9 Å². The van der Waals surface area contributed by atoms with E-state index in [9.17, 15) is 0 Å². The Kier molecular flexibility index (Phi) is 9.76. The zero-order chi connectivity index (χ0) is 19.6. The maximum atomic E-state index is 3.04. The molecule has 0 atom stereocenters. The Hall–Kier alpha value is -2.29. The molecule has 1 nitrogen and oxygen atoms in total. The van der Waals surface area contributed by atoms with E-state index in [0.29, 0.717) is 0 Å². The van der Waals surface area contributed by atoms with Crippen LogP contribution in [0, 0.1) is 6.07 Å². The number of hydrogen-bond donors (Lipinski definition) is 0. The van der Waals surface area contributed by atoms with Crippen molar-refractivity contribution in [2.45, 2.75) is 6.54 Å². The summed E-state index contributed by atoms with van der Waals surface area (Å²) in [6, 6.07) is 40.4. The molecule has 0 aromatic heterocycles. The van der Waals surface area contributed by atoms with Crippen molar-refractivity contribution in [2.24, 2.45) is 0 Å². The molecule has 0 N–H and O–H groups in total. The number of benzene rings is 3. The van der Waals surface area contributed by atoms with Gasteiger partial charge in [0.15, 0.2) is 0 Å². The van der Waals surface area contributed by atoms with E-state index >= 15 is 0 Å². The Morgan fingerprint density at radius 1 is 0.724 bits per heavy atom. The van der Waals surface area contributed by atoms with Crippen LogP contribution in [-0.4, -0.2) is 19.0 Å². The van der Waals surface area contributed by atoms with E-state index in [1.54, 1.807) is 0 Å². The first kappa shape index (κ1) is 23.0. The van der Waals surface area contributed by atoms with Crippen molar-refractivity contribution >= 4 is 21.5 Å². The monoisotopic (exact) mass is 544 g/mol. The van der Waals surface area contributed by atoms with E-state index < -0.39 is 0 Å². The maximum absolute atomic E-state index is 3.04. The maximum Gasteiger partial charge on any atom is 0 e. The summed E-state index contributed by atoms with van der Waals surface area (Å²) < 4.78 is 0. The van der Waals surface area contributed by atoms with Crippen LogP contribution in [0.2, 0.25) is 0 Å². The van der Waals surface area contributed by atoms with Gasteiger partial charge in [-0.3, -0.25) is 0 Å². The normalized spacial score (nSPS) is 9.90. The summed E-state index contributed by atoms with van der Waals surface area (Å²) >= 11 is 0. The van der Waals surface area contributed by atoms with Gasteiger partial charge in [-0.25, -0.2) is 0 Å². The third kappa shape index (κ3) is 7.56. The van der Waals surface area contributed by atoms with Crippen molar-refractivity contribution in [3.63, 3.8) is 0 Å². The standard InChI is InChI=1S/C9H12N.2C9H7.Hf/c1-10(2)8-9-6-4-3-5-7-9;2*1-2-5-9-7-3-6-8(9)4-1;/h3-4,6-7H,8H2,1-2H3;2*1-7H;/q3*-1;. The Bertz CT molecular complexity index is 947. The molecular weight excluding hydrogens is 517 g/mol. The van der Waals surface area contributed by atoms with Crippen LogP contribution in [0.4, 0.5) is 0 Å². The van der Waals surface area contributed by atoms with Crippen molar-refractivity contribution in [1.82, 2.24) is 4.90 Å². The third-order valence-corrected chi connectivity index (χ3v) is 4.37. The van der Waals surface area contributed by atoms with Gasteiger partial charge >= 0.3 is 0 Å². The van der Waals surface area contributed by atoms with Crippen LogP contribution in [0.3, 0.4) is 0 Å². The van der Waals surface area contributed by atoms with Crippen LogP contribution in [0.15, 0.2) is 109 Å². The molecule has 5 aromatic carbocycles. The summed E-state index contributed by atoms with van der Waals surface area (Å²) in [6.45, 7) is 0.997. The average molecular weight is 543 g/mol. The molecule has 0 fully saturated rings. The number of rotatable bonds is 2. The molecule has 0 bridgehead atoms. The number of nitrogens with zero attached hydrogens (tertiary/aromatic N) is 1. The molecule has 0 spiro atoms. The molecule has 0 aliphatic carbocycles. The van der Waals surface area contributed by atoms with E-state index in [0.717, 1.165) is 6.54 Å². The van der Waals surface area contributed by atoms with E-state index in [2.05, 4.69) is 116 Å². The van der Waals surface area contributed by atoms with Crippen molar-refractivity contribution in [3.05, 3.63) is 121 Å². The van der Waals surface area contributed by atoms with Crippen LogP contribution in [-0.2, 0) is 32.4 Å². The predicted octanol–water partition coefficient (Wildman–Crippen LogP) is 6.66. The smallest absolute Gasteiger partial charge is 0 e. The van der Waals surface area contributed by atoms with E-state index in [-0.39, 0.29) is 25.8 Å². The zero-order valence-corrected chi connectivity index (χ0v) is 20.6. The van der Waals surface area contributed by atoms with Gasteiger partial charge in [0.05, 0.1) is 0 Å². The van der Waals surface area contributed by atoms with Crippen molar-refractivity contribution in [2.75, 3.05) is 14.1 Å². The summed E-state index contributed by atoms with van der Waals surface area (Å²) in [5.41, 5.74) is 1.31. The quantitative estimate of drug-likeness (QED) is 0.178. The van der Waals surface area contributed by atoms with Crippen LogP contribution in [0.1, 0.15) is 5.56 Å². The average Bonchev–Trinajstić information content (AvgIpc) is 3.38. The second-order valence-corrected chi connectivity index (χ2v) is 6.96. The Morgan fingerprint density at radius 3 is 1.72 bits per heavy atom. The van der Waals surface area contributed by atoms with Crippen molar-refractivity contribution < 1.29 is 25.8 Å². The molecule has 0 aliphatic heterocycles. The summed E-state index contributed by atoms with van der Waals surface area (Å²) in [6.07, 6.45) is 0. The number of fused-ring (bicyclic) bond motifs is 2. The van der Waals surface area contributed by atoms with Gasteiger partial charge < -0.3 is 4.90 Å². The molecular formula is C27H26HfN-3. The van der Waals surface area contributed by atoms with Crippen LogP contribution in [0.5, 0.6) is 0 Å². The molecule has 5 rings (SSSR count). The fourth-order valence-electron chi connectivity index (χ4n) is 3.03. The van der Waals surface area contributed by atoms with Gasteiger partial charge in [0.25, 0.3) is 0 Å². The predicted molar refractivity (Wildman–Crippen MR) is 122 cm³/mol. The molecule has 0 unspecified atom stereocenters. The van der Waals surface area contributed by atoms with Crippen LogP contribution >= 0.6 is 0 Å². The summed E-state index contributed by atoms with van der Waals surface area (Å²) in [4.78, 5) is 2.14. The van der Waals surface area contributed by atoms with Crippen molar-refractivity contribution in [1.29, 1.82) is 0 Å². The minimum absolute atomic E-state index is 0. The first-order valence-corrected chi connectivity index (χ1v) is 9.53. The molecule has 0 radical (unpaired) electrons. The molecule has 0 saturated heterocycles. The summed E-state index contributed by atoms with van der Waals surface area (Å²) in [5, 5.41) is 5.32.